The molecule has 0 spiro atoms. The zero-order chi connectivity index (χ0) is 14.7. The minimum Gasteiger partial charge on any atom is -0.311 e. The fourth-order valence-electron chi connectivity index (χ4n) is 3.69. The van der Waals surface area contributed by atoms with E-state index in [2.05, 4.69) is 59.5 Å². The smallest absolute Gasteiger partial charge is 0.0328 e. The van der Waals surface area contributed by atoms with Gasteiger partial charge < -0.3 is 10.2 Å². The Labute approximate surface area is 129 Å². The molecular weight excluding hydrogens is 258 g/mol. The highest BCUT2D eigenvalue weighted by molar-refractivity contribution is 5.14. The van der Waals surface area contributed by atoms with Crippen molar-refractivity contribution in [3.63, 3.8) is 0 Å². The van der Waals surface area contributed by atoms with E-state index in [1.165, 1.54) is 44.3 Å². The molecule has 116 valence electrons. The van der Waals surface area contributed by atoms with Gasteiger partial charge >= 0.3 is 0 Å². The summed E-state index contributed by atoms with van der Waals surface area (Å²) < 4.78 is 0. The van der Waals surface area contributed by atoms with Crippen molar-refractivity contribution in [1.29, 1.82) is 0 Å². The molecule has 0 aromatic heterocycles. The van der Waals surface area contributed by atoms with E-state index in [1.807, 2.05) is 0 Å². The molecule has 1 aromatic carbocycles. The van der Waals surface area contributed by atoms with Crippen LogP contribution in [0, 0.1) is 0 Å². The first-order chi connectivity index (χ1) is 10.2. The Kier molecular flexibility index (Phi) is 4.63. The fraction of sp³-hybridized carbons (Fsp3) is 0.667. The molecule has 0 radical (unpaired) electrons. The second kappa shape index (κ2) is 6.47. The standard InChI is InChI=1S/C18H29N3/c1-20(2)18(10-6-11-18)15-19-17-9-12-21(14-17)13-16-7-4-3-5-8-16/h3-5,7-8,17,19H,6,9-15H2,1-2H3. The maximum atomic E-state index is 3.84. The zero-order valence-electron chi connectivity index (χ0n) is 13.5. The lowest BCUT2D eigenvalue weighted by Gasteiger charge is -2.48. The highest BCUT2D eigenvalue weighted by Gasteiger charge is 2.39. The summed E-state index contributed by atoms with van der Waals surface area (Å²) in [5.41, 5.74) is 1.87. The van der Waals surface area contributed by atoms with Gasteiger partial charge in [-0.05, 0) is 45.3 Å². The molecule has 3 heteroatoms. The minimum absolute atomic E-state index is 0.437. The molecular formula is C18H29N3. The Morgan fingerprint density at radius 1 is 1.24 bits per heavy atom. The number of benzene rings is 1. The van der Waals surface area contributed by atoms with E-state index in [4.69, 9.17) is 0 Å². The van der Waals surface area contributed by atoms with Crippen molar-refractivity contribution in [2.75, 3.05) is 33.7 Å². The van der Waals surface area contributed by atoms with Crippen molar-refractivity contribution in [3.05, 3.63) is 35.9 Å². The van der Waals surface area contributed by atoms with Gasteiger partial charge in [0.25, 0.3) is 0 Å². The molecule has 1 aliphatic heterocycles. The average molecular weight is 287 g/mol. The van der Waals surface area contributed by atoms with Crippen molar-refractivity contribution in [1.82, 2.24) is 15.1 Å². The Hall–Kier alpha value is -0.900. The van der Waals surface area contributed by atoms with Crippen LogP contribution in [0.2, 0.25) is 0 Å². The lowest BCUT2D eigenvalue weighted by Crippen LogP contribution is -2.57. The van der Waals surface area contributed by atoms with Crippen molar-refractivity contribution in [2.24, 2.45) is 0 Å². The molecule has 21 heavy (non-hydrogen) atoms. The predicted octanol–water partition coefficient (Wildman–Crippen LogP) is 2.33. The normalized spacial score (nSPS) is 25.2. The van der Waals surface area contributed by atoms with E-state index < -0.39 is 0 Å². The van der Waals surface area contributed by atoms with Gasteiger partial charge in [0.15, 0.2) is 0 Å². The Morgan fingerprint density at radius 2 is 2.00 bits per heavy atom. The molecule has 3 nitrogen and oxygen atoms in total. The quantitative estimate of drug-likeness (QED) is 0.866. The summed E-state index contributed by atoms with van der Waals surface area (Å²) in [6.45, 7) is 4.67. The molecule has 1 aromatic rings. The number of rotatable bonds is 6. The van der Waals surface area contributed by atoms with Crippen LogP contribution in [0.15, 0.2) is 30.3 Å². The molecule has 2 aliphatic rings. The van der Waals surface area contributed by atoms with Gasteiger partial charge in [-0.25, -0.2) is 0 Å². The van der Waals surface area contributed by atoms with Crippen LogP contribution in [0.1, 0.15) is 31.2 Å². The number of nitrogens with zero attached hydrogens (tertiary/aromatic N) is 2. The number of likely N-dealkylation sites (tertiary alicyclic amines) is 1. The van der Waals surface area contributed by atoms with Gasteiger partial charge in [0.05, 0.1) is 0 Å². The Morgan fingerprint density at radius 3 is 2.62 bits per heavy atom. The molecule has 3 rings (SSSR count). The zero-order valence-corrected chi connectivity index (χ0v) is 13.5. The average Bonchev–Trinajstić information content (AvgIpc) is 2.86. The summed E-state index contributed by atoms with van der Waals surface area (Å²) in [5, 5.41) is 3.84. The highest BCUT2D eigenvalue weighted by Crippen LogP contribution is 2.35. The number of hydrogen-bond acceptors (Lipinski definition) is 3. The lowest BCUT2D eigenvalue weighted by molar-refractivity contribution is 0.0573. The van der Waals surface area contributed by atoms with Crippen molar-refractivity contribution in [3.8, 4) is 0 Å². The largest absolute Gasteiger partial charge is 0.311 e. The van der Waals surface area contributed by atoms with Gasteiger partial charge in [-0.3, -0.25) is 4.90 Å². The van der Waals surface area contributed by atoms with E-state index in [9.17, 15) is 0 Å². The van der Waals surface area contributed by atoms with Crippen LogP contribution in [-0.2, 0) is 6.54 Å². The second-order valence-electron chi connectivity index (χ2n) is 7.06. The monoisotopic (exact) mass is 287 g/mol. The summed E-state index contributed by atoms with van der Waals surface area (Å²) in [6, 6.07) is 11.5. The topological polar surface area (TPSA) is 18.5 Å². The van der Waals surface area contributed by atoms with E-state index >= 15 is 0 Å². The maximum absolute atomic E-state index is 3.84. The Bertz CT molecular complexity index is 439. The summed E-state index contributed by atoms with van der Waals surface area (Å²) in [4.78, 5) is 5.01. The van der Waals surface area contributed by atoms with Crippen molar-refractivity contribution < 1.29 is 0 Å². The minimum atomic E-state index is 0.437. The lowest BCUT2D eigenvalue weighted by atomic mass is 9.75. The van der Waals surface area contributed by atoms with Gasteiger partial charge in [0, 0.05) is 37.8 Å². The maximum Gasteiger partial charge on any atom is 0.0328 e. The first-order valence-electron chi connectivity index (χ1n) is 8.35. The molecule has 1 N–H and O–H groups in total. The third-order valence-electron chi connectivity index (χ3n) is 5.47. The fourth-order valence-corrected chi connectivity index (χ4v) is 3.69. The van der Waals surface area contributed by atoms with E-state index in [1.54, 1.807) is 0 Å². The number of nitrogens with one attached hydrogen (secondary N) is 1. The number of likely N-dealkylation sites (N-methyl/N-ethyl adjacent to an activating group) is 1. The molecule has 0 amide bonds. The van der Waals surface area contributed by atoms with Crippen LogP contribution in [0.3, 0.4) is 0 Å². The molecule has 0 bridgehead atoms. The van der Waals surface area contributed by atoms with Gasteiger partial charge in [-0.1, -0.05) is 30.3 Å². The molecule has 1 saturated heterocycles. The second-order valence-corrected chi connectivity index (χ2v) is 7.06. The summed E-state index contributed by atoms with van der Waals surface area (Å²) >= 11 is 0. The molecule has 2 fully saturated rings. The van der Waals surface area contributed by atoms with E-state index in [0.29, 0.717) is 11.6 Å². The highest BCUT2D eigenvalue weighted by atomic mass is 15.2. The predicted molar refractivity (Wildman–Crippen MR) is 88.4 cm³/mol. The van der Waals surface area contributed by atoms with Gasteiger partial charge in [-0.15, -0.1) is 0 Å². The first-order valence-corrected chi connectivity index (χ1v) is 8.35. The van der Waals surface area contributed by atoms with Gasteiger partial charge in [0.2, 0.25) is 0 Å². The van der Waals surface area contributed by atoms with E-state index in [-0.39, 0.29) is 0 Å². The molecule has 1 heterocycles. The molecule has 1 unspecified atom stereocenters. The third-order valence-corrected chi connectivity index (χ3v) is 5.47. The van der Waals surface area contributed by atoms with Crippen LogP contribution in [0.5, 0.6) is 0 Å². The van der Waals surface area contributed by atoms with Gasteiger partial charge in [-0.2, -0.15) is 0 Å². The van der Waals surface area contributed by atoms with Crippen molar-refractivity contribution in [2.45, 2.75) is 43.8 Å². The number of hydrogen-bond donors (Lipinski definition) is 1. The van der Waals surface area contributed by atoms with E-state index in [0.717, 1.165) is 13.1 Å². The van der Waals surface area contributed by atoms with Crippen LogP contribution in [0.25, 0.3) is 0 Å². The molecule has 1 aliphatic carbocycles. The van der Waals surface area contributed by atoms with Crippen LogP contribution < -0.4 is 5.32 Å². The van der Waals surface area contributed by atoms with Crippen molar-refractivity contribution >= 4 is 0 Å². The van der Waals surface area contributed by atoms with Gasteiger partial charge in [0.1, 0.15) is 0 Å². The summed E-state index contributed by atoms with van der Waals surface area (Å²) in [5.74, 6) is 0. The Balaban J connectivity index is 1.45. The SMILES string of the molecule is CN(C)C1(CNC2CCN(Cc3ccccc3)C2)CCC1. The summed E-state index contributed by atoms with van der Waals surface area (Å²) in [7, 11) is 4.47. The molecule has 1 saturated carbocycles. The summed E-state index contributed by atoms with van der Waals surface area (Å²) in [6.07, 6.45) is 5.39. The van der Waals surface area contributed by atoms with Crippen LogP contribution in [-0.4, -0.2) is 55.1 Å². The van der Waals surface area contributed by atoms with Crippen LogP contribution in [0.4, 0.5) is 0 Å². The van der Waals surface area contributed by atoms with Crippen LogP contribution >= 0.6 is 0 Å². The first kappa shape index (κ1) is 15.0. The molecule has 1 atom stereocenters. The third kappa shape index (κ3) is 3.47.